The minimum Gasteiger partial charge on any atom is -0.0475 e. The molecule has 0 heterocycles. The lowest BCUT2D eigenvalue weighted by molar-refractivity contribution is 0.0198. The van der Waals surface area contributed by atoms with Gasteiger partial charge in [-0.2, -0.15) is 0 Å². The van der Waals surface area contributed by atoms with E-state index in [1.54, 1.807) is 0 Å². The molecule has 0 aliphatic heterocycles. The molecular weight excluding hydrogens is 120 g/mol. The van der Waals surface area contributed by atoms with Crippen molar-refractivity contribution in [3.63, 3.8) is 0 Å². The van der Waals surface area contributed by atoms with E-state index in [4.69, 9.17) is 20.6 Å². The van der Waals surface area contributed by atoms with Gasteiger partial charge in [-0.1, -0.05) is 0 Å². The third-order valence-corrected chi connectivity index (χ3v) is 1.58. The molecule has 4 aliphatic rings. The SMILES string of the molecule is [2H]C1C2([2H])C([2H])([2H])C3([2H])C([2H])([2H])C1([2H])C([2H])([2H])C([2H])(C2([2H])[2H])C3([2H])[2H]. The summed E-state index contributed by atoms with van der Waals surface area (Å²) in [5.41, 5.74) is 0. The largest absolute Gasteiger partial charge is 0.0475 e. The second kappa shape index (κ2) is 1.78. The molecular formula is C10H16. The van der Waals surface area contributed by atoms with E-state index in [-0.39, 0.29) is 0 Å². The molecule has 4 fully saturated rings. The Morgan fingerprint density at radius 2 is 1.20 bits per heavy atom. The first-order valence-corrected chi connectivity index (χ1v) is 3.08. The first-order valence-electron chi connectivity index (χ1n) is 10.7. The summed E-state index contributed by atoms with van der Waals surface area (Å²) in [7, 11) is 0. The van der Waals surface area contributed by atoms with Crippen molar-refractivity contribution in [1.82, 2.24) is 0 Å². The van der Waals surface area contributed by atoms with E-state index in [0.717, 1.165) is 0 Å². The molecule has 0 radical (unpaired) electrons. The van der Waals surface area contributed by atoms with E-state index in [1.165, 1.54) is 0 Å². The molecule has 0 heteroatoms. The van der Waals surface area contributed by atoms with Gasteiger partial charge in [-0.05, 0) is 61.8 Å². The Kier molecular flexibility index (Phi) is 0.198. The lowest BCUT2D eigenvalue weighted by Crippen LogP contribution is -2.38. The molecule has 10 heavy (non-hydrogen) atoms. The fourth-order valence-electron chi connectivity index (χ4n) is 1.20. The normalized spacial score (nSPS) is 142. The highest BCUT2D eigenvalue weighted by molar-refractivity contribution is 4.92. The van der Waals surface area contributed by atoms with Crippen molar-refractivity contribution in [2.45, 2.75) is 38.3 Å². The van der Waals surface area contributed by atoms with E-state index in [1.807, 2.05) is 0 Å². The van der Waals surface area contributed by atoms with Crippen LogP contribution in [-0.2, 0) is 0 Å². The van der Waals surface area contributed by atoms with Gasteiger partial charge in [0.15, 0.2) is 0 Å². The van der Waals surface area contributed by atoms with Crippen LogP contribution in [0, 0.1) is 23.6 Å². The van der Waals surface area contributed by atoms with Gasteiger partial charge in [0.25, 0.3) is 0 Å². The van der Waals surface area contributed by atoms with Crippen molar-refractivity contribution in [2.24, 2.45) is 23.6 Å². The first-order chi connectivity index (χ1) is 10.7. The second-order valence-electron chi connectivity index (χ2n) is 2.35. The molecule has 0 nitrogen and oxygen atoms in total. The first kappa shape index (κ1) is 1.11. The zero-order valence-corrected chi connectivity index (χ0v) is 5.08. The maximum Gasteiger partial charge on any atom is 0.0303 e. The van der Waals surface area contributed by atoms with Gasteiger partial charge in [-0.3, -0.25) is 0 Å². The van der Waals surface area contributed by atoms with Gasteiger partial charge in [-0.25, -0.2) is 0 Å². The number of hydrogen-bond donors (Lipinski definition) is 0. The van der Waals surface area contributed by atoms with E-state index in [9.17, 15) is 0 Å². The van der Waals surface area contributed by atoms with Crippen LogP contribution in [0.5, 0.6) is 0 Å². The van der Waals surface area contributed by atoms with Crippen LogP contribution in [0.4, 0.5) is 0 Å². The van der Waals surface area contributed by atoms with Crippen molar-refractivity contribution in [1.29, 1.82) is 0 Å². The molecule has 4 aliphatic carbocycles. The van der Waals surface area contributed by atoms with Gasteiger partial charge in [-0.15, -0.1) is 0 Å². The highest BCUT2D eigenvalue weighted by Crippen LogP contribution is 2.53. The van der Waals surface area contributed by atoms with Crippen molar-refractivity contribution in [2.75, 3.05) is 0 Å². The molecule has 0 amide bonds. The van der Waals surface area contributed by atoms with Gasteiger partial charge in [0.2, 0.25) is 0 Å². The van der Waals surface area contributed by atoms with Crippen LogP contribution in [0.2, 0.25) is 0 Å². The quantitative estimate of drug-likeness (QED) is 0.499. The van der Waals surface area contributed by atoms with Crippen LogP contribution in [0.1, 0.15) is 58.8 Å². The third-order valence-electron chi connectivity index (χ3n) is 1.58. The summed E-state index contributed by atoms with van der Waals surface area (Å²) in [5, 5.41) is 0. The summed E-state index contributed by atoms with van der Waals surface area (Å²) < 4.78 is 123. The Hall–Kier alpha value is 0. The molecule has 4 saturated carbocycles. The minimum absolute atomic E-state index is 2.64. The fourth-order valence-corrected chi connectivity index (χ4v) is 1.20. The Morgan fingerprint density at radius 3 is 1.70 bits per heavy atom. The molecule has 0 aromatic carbocycles. The van der Waals surface area contributed by atoms with Gasteiger partial charge in [0.1, 0.15) is 0 Å². The molecule has 0 N–H and O–H groups in total. The molecule has 4 rings (SSSR count). The fraction of sp³-hybridized carbons (Fsp3) is 1.00. The average molecular weight is 151 g/mol. The zero-order chi connectivity index (χ0) is 20.1. The summed E-state index contributed by atoms with van der Waals surface area (Å²) in [4.78, 5) is 0. The third kappa shape index (κ3) is 0.681. The Labute approximate surface area is 84.1 Å². The maximum absolute atomic E-state index is 8.34. The number of hydrogen-bond acceptors (Lipinski definition) is 0. The van der Waals surface area contributed by atoms with Crippen LogP contribution in [0.25, 0.3) is 0 Å². The molecule has 0 aromatic rings. The topological polar surface area (TPSA) is 0 Å². The van der Waals surface area contributed by atoms with E-state index < -0.39 is 61.8 Å². The summed E-state index contributed by atoms with van der Waals surface area (Å²) in [6, 6.07) is 0. The average Bonchev–Trinajstić information content (AvgIpc) is 2.45. The lowest BCUT2D eigenvalue weighted by Gasteiger charge is -2.49. The zero-order valence-electron chi connectivity index (χ0n) is 20.1. The van der Waals surface area contributed by atoms with Gasteiger partial charge in [0, 0.05) is 20.6 Å². The summed E-state index contributed by atoms with van der Waals surface area (Å²) in [6.45, 7) is 0. The summed E-state index contributed by atoms with van der Waals surface area (Å²) in [5.74, 6) is -14.1. The van der Waals surface area contributed by atoms with Crippen LogP contribution in [-0.4, -0.2) is 0 Å². The highest BCUT2D eigenvalue weighted by Gasteiger charge is 2.41. The Balaban J connectivity index is 2.65. The maximum atomic E-state index is 8.34. The number of rotatable bonds is 0. The predicted molar refractivity (Wildman–Crippen MR) is 41.7 cm³/mol. The lowest BCUT2D eigenvalue weighted by atomic mass is 9.56. The molecule has 0 saturated heterocycles. The standard InChI is InChI=1S/C10H16/c1-7-2-9-4-8(1)5-10(3-7)6-9/h7-10H,1-6H2/i1D,2D2,3D2,4D2,5D2,6D2,7D,8D,9D,10D. The molecule has 0 spiro atoms. The monoisotopic (exact) mass is 151 g/mol. The molecule has 56 valence electrons. The summed E-state index contributed by atoms with van der Waals surface area (Å²) in [6.07, 6.45) is -20.8. The second-order valence-corrected chi connectivity index (χ2v) is 2.35. The smallest absolute Gasteiger partial charge is 0.0303 e. The van der Waals surface area contributed by atoms with Gasteiger partial charge in [0.05, 0.1) is 0 Å². The van der Waals surface area contributed by atoms with E-state index in [0.29, 0.717) is 0 Å². The van der Waals surface area contributed by atoms with Crippen molar-refractivity contribution < 1.29 is 20.6 Å². The summed E-state index contributed by atoms with van der Waals surface area (Å²) >= 11 is 0. The minimum atomic E-state index is -3.74. The van der Waals surface area contributed by atoms with Crippen LogP contribution >= 0.6 is 0 Å². The Bertz CT molecular complexity index is 575. The van der Waals surface area contributed by atoms with Gasteiger partial charge >= 0.3 is 0 Å². The van der Waals surface area contributed by atoms with Crippen LogP contribution in [0.15, 0.2) is 0 Å². The van der Waals surface area contributed by atoms with Crippen molar-refractivity contribution >= 4 is 0 Å². The highest BCUT2D eigenvalue weighted by atomic mass is 14.5. The van der Waals surface area contributed by atoms with E-state index >= 15 is 0 Å². The van der Waals surface area contributed by atoms with Gasteiger partial charge < -0.3 is 0 Å². The van der Waals surface area contributed by atoms with Crippen LogP contribution < -0.4 is 0 Å². The molecule has 0 atom stereocenters. The van der Waals surface area contributed by atoms with E-state index in [2.05, 4.69) is 0 Å². The predicted octanol–water partition coefficient (Wildman–Crippen LogP) is 2.83. The molecule has 0 aromatic heterocycles. The van der Waals surface area contributed by atoms with Crippen LogP contribution in [0.3, 0.4) is 0 Å². The van der Waals surface area contributed by atoms with Crippen molar-refractivity contribution in [3.8, 4) is 0 Å². The Morgan fingerprint density at radius 1 is 0.800 bits per heavy atom. The molecule has 4 bridgehead atoms. The van der Waals surface area contributed by atoms with Crippen molar-refractivity contribution in [3.05, 3.63) is 0 Å². The molecule has 0 unspecified atom stereocenters.